The van der Waals surface area contributed by atoms with Gasteiger partial charge in [0.1, 0.15) is 11.5 Å². The molecule has 6 nitrogen and oxygen atoms in total. The number of likely N-dealkylation sites (tertiary alicyclic amines) is 1. The van der Waals surface area contributed by atoms with E-state index in [-0.39, 0.29) is 11.7 Å². The zero-order chi connectivity index (χ0) is 16.2. The molecule has 1 saturated heterocycles. The van der Waals surface area contributed by atoms with Crippen molar-refractivity contribution in [2.45, 2.75) is 32.2 Å². The van der Waals surface area contributed by atoms with Crippen LogP contribution < -0.4 is 5.32 Å². The number of nitrogens with one attached hydrogen (secondary N) is 1. The molecule has 2 heterocycles. The van der Waals surface area contributed by atoms with Crippen LogP contribution >= 0.6 is 0 Å². The van der Waals surface area contributed by atoms with E-state index in [1.807, 2.05) is 12.1 Å². The van der Waals surface area contributed by atoms with Gasteiger partial charge in [-0.05, 0) is 44.0 Å². The number of amides is 1. The SMILES string of the molecule is Cc1cc(NC(=O)CCN2CCCC2c2ccc(O)cc2)no1. The fourth-order valence-electron chi connectivity index (χ4n) is 3.04. The summed E-state index contributed by atoms with van der Waals surface area (Å²) in [4.78, 5) is 14.3. The maximum absolute atomic E-state index is 12.0. The van der Waals surface area contributed by atoms with Gasteiger partial charge < -0.3 is 14.9 Å². The van der Waals surface area contributed by atoms with Gasteiger partial charge in [0.15, 0.2) is 5.82 Å². The lowest BCUT2D eigenvalue weighted by molar-refractivity contribution is -0.116. The van der Waals surface area contributed by atoms with Gasteiger partial charge in [-0.15, -0.1) is 0 Å². The number of carbonyl (C=O) groups is 1. The van der Waals surface area contributed by atoms with Crippen molar-refractivity contribution < 1.29 is 14.4 Å². The second kappa shape index (κ2) is 6.83. The van der Waals surface area contributed by atoms with Gasteiger partial charge in [0, 0.05) is 25.1 Å². The van der Waals surface area contributed by atoms with Crippen LogP contribution in [0, 0.1) is 6.92 Å². The first-order valence-corrected chi connectivity index (χ1v) is 7.88. The Balaban J connectivity index is 1.54. The van der Waals surface area contributed by atoms with Crippen molar-refractivity contribution in [1.29, 1.82) is 0 Å². The van der Waals surface area contributed by atoms with Crippen molar-refractivity contribution >= 4 is 11.7 Å². The Morgan fingerprint density at radius 1 is 1.43 bits per heavy atom. The summed E-state index contributed by atoms with van der Waals surface area (Å²) >= 11 is 0. The summed E-state index contributed by atoms with van der Waals surface area (Å²) in [6, 6.07) is 9.36. The molecular weight excluding hydrogens is 294 g/mol. The summed E-state index contributed by atoms with van der Waals surface area (Å²) < 4.78 is 4.93. The minimum atomic E-state index is -0.0605. The fraction of sp³-hybridized carbons (Fsp3) is 0.412. The number of phenolic OH excluding ortho intramolecular Hbond substituents is 1. The van der Waals surface area contributed by atoms with Crippen LogP contribution in [0.25, 0.3) is 0 Å². The third-order valence-corrected chi connectivity index (χ3v) is 4.16. The van der Waals surface area contributed by atoms with Crippen LogP contribution in [0.2, 0.25) is 0 Å². The number of rotatable bonds is 5. The van der Waals surface area contributed by atoms with Crippen LogP contribution in [0.5, 0.6) is 5.75 Å². The first-order chi connectivity index (χ1) is 11.1. The van der Waals surface area contributed by atoms with Crippen LogP contribution in [-0.4, -0.2) is 34.2 Å². The van der Waals surface area contributed by atoms with Gasteiger partial charge in [0.05, 0.1) is 0 Å². The number of aryl methyl sites for hydroxylation is 1. The minimum absolute atomic E-state index is 0.0605. The number of hydrogen-bond donors (Lipinski definition) is 2. The quantitative estimate of drug-likeness (QED) is 0.887. The van der Waals surface area contributed by atoms with E-state index in [9.17, 15) is 9.90 Å². The maximum atomic E-state index is 12.0. The highest BCUT2D eigenvalue weighted by molar-refractivity contribution is 5.89. The number of aromatic hydroxyl groups is 1. The molecule has 0 saturated carbocycles. The smallest absolute Gasteiger partial charge is 0.226 e. The molecule has 1 aromatic heterocycles. The van der Waals surface area contributed by atoms with Crippen LogP contribution in [0.15, 0.2) is 34.9 Å². The Hall–Kier alpha value is -2.34. The van der Waals surface area contributed by atoms with Crippen LogP contribution in [0.3, 0.4) is 0 Å². The second-order valence-corrected chi connectivity index (χ2v) is 5.91. The average molecular weight is 315 g/mol. The van der Waals surface area contributed by atoms with E-state index in [0.717, 1.165) is 19.4 Å². The third kappa shape index (κ3) is 3.90. The van der Waals surface area contributed by atoms with Crippen LogP contribution in [-0.2, 0) is 4.79 Å². The number of phenols is 1. The summed E-state index contributed by atoms with van der Waals surface area (Å²) in [7, 11) is 0. The molecule has 122 valence electrons. The maximum Gasteiger partial charge on any atom is 0.226 e. The van der Waals surface area contributed by atoms with E-state index in [4.69, 9.17) is 4.52 Å². The van der Waals surface area contributed by atoms with Gasteiger partial charge >= 0.3 is 0 Å². The minimum Gasteiger partial charge on any atom is -0.508 e. The van der Waals surface area contributed by atoms with Crippen LogP contribution in [0.4, 0.5) is 5.82 Å². The van der Waals surface area contributed by atoms with Crippen molar-refractivity contribution in [2.24, 2.45) is 0 Å². The largest absolute Gasteiger partial charge is 0.508 e. The van der Waals surface area contributed by atoms with Crippen molar-refractivity contribution in [3.05, 3.63) is 41.7 Å². The molecule has 0 bridgehead atoms. The first kappa shape index (κ1) is 15.6. The molecule has 1 aliphatic heterocycles. The molecular formula is C17H21N3O3. The Labute approximate surface area is 135 Å². The summed E-state index contributed by atoms with van der Waals surface area (Å²) in [5, 5.41) is 15.9. The lowest BCUT2D eigenvalue weighted by atomic mass is 10.0. The molecule has 3 rings (SSSR count). The second-order valence-electron chi connectivity index (χ2n) is 5.91. The molecule has 0 spiro atoms. The first-order valence-electron chi connectivity index (χ1n) is 7.88. The van der Waals surface area contributed by atoms with E-state index in [0.29, 0.717) is 30.6 Å². The van der Waals surface area contributed by atoms with E-state index in [2.05, 4.69) is 15.4 Å². The van der Waals surface area contributed by atoms with Crippen molar-refractivity contribution in [2.75, 3.05) is 18.4 Å². The van der Waals surface area contributed by atoms with Crippen molar-refractivity contribution in [1.82, 2.24) is 10.1 Å². The highest BCUT2D eigenvalue weighted by atomic mass is 16.5. The fourth-order valence-corrected chi connectivity index (χ4v) is 3.04. The third-order valence-electron chi connectivity index (χ3n) is 4.16. The van der Waals surface area contributed by atoms with Gasteiger partial charge in [-0.2, -0.15) is 0 Å². The molecule has 1 unspecified atom stereocenters. The topological polar surface area (TPSA) is 78.6 Å². The van der Waals surface area contributed by atoms with E-state index < -0.39 is 0 Å². The molecule has 1 amide bonds. The van der Waals surface area contributed by atoms with E-state index in [1.54, 1.807) is 25.1 Å². The van der Waals surface area contributed by atoms with Gasteiger partial charge in [-0.25, -0.2) is 0 Å². The predicted octanol–water partition coefficient (Wildman–Crippen LogP) is 2.85. The monoisotopic (exact) mass is 315 g/mol. The summed E-state index contributed by atoms with van der Waals surface area (Å²) in [6.45, 7) is 3.48. The average Bonchev–Trinajstić information content (AvgIpc) is 3.15. The Morgan fingerprint density at radius 2 is 2.22 bits per heavy atom. The van der Waals surface area contributed by atoms with Gasteiger partial charge in [-0.1, -0.05) is 17.3 Å². The summed E-state index contributed by atoms with van der Waals surface area (Å²) in [5.41, 5.74) is 1.19. The summed E-state index contributed by atoms with van der Waals surface area (Å²) in [5.74, 6) is 1.35. The standard InChI is InChI=1S/C17H21N3O3/c1-12-11-16(19-23-12)18-17(22)8-10-20-9-2-3-15(20)13-4-6-14(21)7-5-13/h4-7,11,15,21H,2-3,8-10H2,1H3,(H,18,19,22). The number of benzene rings is 1. The highest BCUT2D eigenvalue weighted by Gasteiger charge is 2.26. The molecule has 1 aliphatic rings. The molecule has 0 aliphatic carbocycles. The molecule has 1 aromatic carbocycles. The number of anilines is 1. The highest BCUT2D eigenvalue weighted by Crippen LogP contribution is 2.32. The van der Waals surface area contributed by atoms with Crippen LogP contribution in [0.1, 0.15) is 36.6 Å². The number of aromatic nitrogens is 1. The molecule has 1 atom stereocenters. The van der Waals surface area contributed by atoms with Gasteiger partial charge in [-0.3, -0.25) is 9.69 Å². The van der Waals surface area contributed by atoms with Gasteiger partial charge in [0.25, 0.3) is 0 Å². The summed E-state index contributed by atoms with van der Waals surface area (Å²) in [6.07, 6.45) is 2.62. The molecule has 2 N–H and O–H groups in total. The van der Waals surface area contributed by atoms with E-state index >= 15 is 0 Å². The Bertz CT molecular complexity index is 666. The lowest BCUT2D eigenvalue weighted by Crippen LogP contribution is -2.27. The lowest BCUT2D eigenvalue weighted by Gasteiger charge is -2.24. The van der Waals surface area contributed by atoms with Crippen molar-refractivity contribution in [3.63, 3.8) is 0 Å². The molecule has 23 heavy (non-hydrogen) atoms. The number of nitrogens with zero attached hydrogens (tertiary/aromatic N) is 2. The van der Waals surface area contributed by atoms with Gasteiger partial charge in [0.2, 0.25) is 5.91 Å². The normalized spacial score (nSPS) is 18.2. The van der Waals surface area contributed by atoms with Crippen molar-refractivity contribution in [3.8, 4) is 5.75 Å². The zero-order valence-corrected chi connectivity index (χ0v) is 13.2. The predicted molar refractivity (Wildman–Crippen MR) is 86.1 cm³/mol. The Kier molecular flexibility index (Phi) is 4.62. The Morgan fingerprint density at radius 3 is 2.91 bits per heavy atom. The molecule has 6 heteroatoms. The number of carbonyl (C=O) groups excluding carboxylic acids is 1. The molecule has 0 radical (unpaired) electrons. The molecule has 1 fully saturated rings. The molecule has 2 aromatic rings. The zero-order valence-electron chi connectivity index (χ0n) is 13.2. The number of hydrogen-bond acceptors (Lipinski definition) is 5. The van der Waals surface area contributed by atoms with E-state index in [1.165, 1.54) is 5.56 Å².